The molecule has 23 heavy (non-hydrogen) atoms. The Hall–Kier alpha value is -2.19. The van der Waals surface area contributed by atoms with Crippen LogP contribution in [0.4, 0.5) is 0 Å². The van der Waals surface area contributed by atoms with Gasteiger partial charge in [-0.2, -0.15) is 0 Å². The molecule has 2 heterocycles. The Bertz CT molecular complexity index is 835. The molecule has 0 saturated heterocycles. The van der Waals surface area contributed by atoms with Gasteiger partial charge in [0.25, 0.3) is 0 Å². The smallest absolute Gasteiger partial charge is 0.0724 e. The highest BCUT2D eigenvalue weighted by Gasteiger charge is 2.16. The molecule has 3 aromatic rings. The van der Waals surface area contributed by atoms with Crippen molar-refractivity contribution in [1.82, 2.24) is 9.97 Å². The molecule has 0 saturated carbocycles. The van der Waals surface area contributed by atoms with E-state index in [4.69, 9.17) is 16.6 Å². The van der Waals surface area contributed by atoms with Crippen LogP contribution in [0.5, 0.6) is 0 Å². The molecule has 0 spiro atoms. The Morgan fingerprint density at radius 1 is 0.870 bits per heavy atom. The van der Waals surface area contributed by atoms with E-state index in [-0.39, 0.29) is 5.41 Å². The third-order valence-corrected chi connectivity index (χ3v) is 4.05. The Balaban J connectivity index is 2.06. The number of nitrogens with zero attached hydrogens (tertiary/aromatic N) is 2. The Kier molecular flexibility index (Phi) is 4.18. The molecule has 0 unspecified atom stereocenters. The summed E-state index contributed by atoms with van der Waals surface area (Å²) in [5.41, 5.74) is 4.88. The molecule has 0 aliphatic heterocycles. The van der Waals surface area contributed by atoms with Gasteiger partial charge in [0.1, 0.15) is 0 Å². The molecule has 0 amide bonds. The minimum Gasteiger partial charge on any atom is -0.261 e. The topological polar surface area (TPSA) is 25.8 Å². The third-order valence-electron chi connectivity index (χ3n) is 3.72. The average molecular weight is 323 g/mol. The highest BCUT2D eigenvalue weighted by molar-refractivity contribution is 6.33. The summed E-state index contributed by atoms with van der Waals surface area (Å²) < 4.78 is 0. The standard InChI is InChI=1S/C20H19ClN2/c1-20(2,3)19-13-14(11-12-22-19)17-9-6-10-18(23-17)15-7-4-5-8-16(15)21/h4-13H,1-3H3. The number of pyridine rings is 2. The van der Waals surface area contributed by atoms with Gasteiger partial charge in [-0.05, 0) is 30.3 Å². The van der Waals surface area contributed by atoms with E-state index in [0.717, 1.165) is 28.2 Å². The second-order valence-electron chi connectivity index (χ2n) is 6.57. The lowest BCUT2D eigenvalue weighted by Crippen LogP contribution is -2.13. The Morgan fingerprint density at radius 2 is 1.61 bits per heavy atom. The molecule has 0 aliphatic rings. The highest BCUT2D eigenvalue weighted by atomic mass is 35.5. The highest BCUT2D eigenvalue weighted by Crippen LogP contribution is 2.29. The third kappa shape index (κ3) is 3.43. The van der Waals surface area contributed by atoms with Crippen LogP contribution in [0.15, 0.2) is 60.8 Å². The Morgan fingerprint density at radius 3 is 2.35 bits per heavy atom. The monoisotopic (exact) mass is 322 g/mol. The van der Waals surface area contributed by atoms with Crippen molar-refractivity contribution in [3.8, 4) is 22.5 Å². The predicted molar refractivity (Wildman–Crippen MR) is 96.6 cm³/mol. The van der Waals surface area contributed by atoms with Crippen LogP contribution in [0, 0.1) is 0 Å². The number of rotatable bonds is 2. The summed E-state index contributed by atoms with van der Waals surface area (Å²) in [6, 6.07) is 17.9. The zero-order chi connectivity index (χ0) is 16.4. The maximum Gasteiger partial charge on any atom is 0.0724 e. The first kappa shape index (κ1) is 15.7. The molecule has 116 valence electrons. The molecule has 0 fully saturated rings. The zero-order valence-corrected chi connectivity index (χ0v) is 14.3. The van der Waals surface area contributed by atoms with E-state index >= 15 is 0 Å². The fourth-order valence-electron chi connectivity index (χ4n) is 2.41. The van der Waals surface area contributed by atoms with Crippen molar-refractivity contribution in [2.75, 3.05) is 0 Å². The van der Waals surface area contributed by atoms with Crippen LogP contribution in [0.1, 0.15) is 26.5 Å². The minimum atomic E-state index is 0.0103. The fraction of sp³-hybridized carbons (Fsp3) is 0.200. The molecule has 3 rings (SSSR count). The van der Waals surface area contributed by atoms with Gasteiger partial charge in [-0.15, -0.1) is 0 Å². The first-order chi connectivity index (χ1) is 10.9. The Labute approximate surface area is 142 Å². The van der Waals surface area contributed by atoms with E-state index in [9.17, 15) is 0 Å². The van der Waals surface area contributed by atoms with Gasteiger partial charge in [-0.25, -0.2) is 4.98 Å². The molecular weight excluding hydrogens is 304 g/mol. The lowest BCUT2D eigenvalue weighted by atomic mass is 9.90. The van der Waals surface area contributed by atoms with Crippen LogP contribution in [-0.2, 0) is 5.41 Å². The van der Waals surface area contributed by atoms with Crippen LogP contribution in [0.2, 0.25) is 5.02 Å². The van der Waals surface area contributed by atoms with Crippen molar-refractivity contribution in [3.63, 3.8) is 0 Å². The van der Waals surface area contributed by atoms with E-state index in [2.05, 4.69) is 31.8 Å². The van der Waals surface area contributed by atoms with Crippen molar-refractivity contribution in [2.45, 2.75) is 26.2 Å². The maximum atomic E-state index is 6.29. The summed E-state index contributed by atoms with van der Waals surface area (Å²) in [4.78, 5) is 9.27. The molecule has 2 nitrogen and oxygen atoms in total. The fourth-order valence-corrected chi connectivity index (χ4v) is 2.65. The minimum absolute atomic E-state index is 0.0103. The van der Waals surface area contributed by atoms with Gasteiger partial charge in [0, 0.05) is 33.5 Å². The molecule has 0 atom stereocenters. The van der Waals surface area contributed by atoms with Gasteiger partial charge in [0.05, 0.1) is 11.4 Å². The largest absolute Gasteiger partial charge is 0.261 e. The van der Waals surface area contributed by atoms with Gasteiger partial charge >= 0.3 is 0 Å². The van der Waals surface area contributed by atoms with Crippen LogP contribution < -0.4 is 0 Å². The van der Waals surface area contributed by atoms with Crippen molar-refractivity contribution in [1.29, 1.82) is 0 Å². The van der Waals surface area contributed by atoms with E-state index in [1.54, 1.807) is 0 Å². The van der Waals surface area contributed by atoms with Crippen molar-refractivity contribution in [2.24, 2.45) is 0 Å². The summed E-state index contributed by atoms with van der Waals surface area (Å²) in [6.45, 7) is 6.48. The molecule has 1 aromatic carbocycles. The predicted octanol–water partition coefficient (Wildman–Crippen LogP) is 5.76. The van der Waals surface area contributed by atoms with Gasteiger partial charge in [0.2, 0.25) is 0 Å². The maximum absolute atomic E-state index is 6.29. The SMILES string of the molecule is CC(C)(C)c1cc(-c2cccc(-c3ccccc3Cl)n2)ccn1. The quantitative estimate of drug-likeness (QED) is 0.599. The first-order valence-electron chi connectivity index (χ1n) is 7.64. The molecule has 0 aliphatic carbocycles. The summed E-state index contributed by atoms with van der Waals surface area (Å²) in [7, 11) is 0. The molecule has 2 aromatic heterocycles. The number of hydrogen-bond donors (Lipinski definition) is 0. The lowest BCUT2D eigenvalue weighted by Gasteiger charge is -2.18. The number of aromatic nitrogens is 2. The average Bonchev–Trinajstić information content (AvgIpc) is 2.55. The molecule has 0 N–H and O–H groups in total. The van der Waals surface area contributed by atoms with Crippen molar-refractivity contribution < 1.29 is 0 Å². The summed E-state index contributed by atoms with van der Waals surface area (Å²) in [5, 5.41) is 0.710. The number of hydrogen-bond acceptors (Lipinski definition) is 2. The van der Waals surface area contributed by atoms with Gasteiger partial charge in [0.15, 0.2) is 0 Å². The summed E-state index contributed by atoms with van der Waals surface area (Å²) in [6.07, 6.45) is 1.85. The van der Waals surface area contributed by atoms with Crippen molar-refractivity contribution in [3.05, 3.63) is 71.5 Å². The molecule has 3 heteroatoms. The van der Waals surface area contributed by atoms with E-state index < -0.39 is 0 Å². The normalized spacial score (nSPS) is 11.5. The summed E-state index contributed by atoms with van der Waals surface area (Å²) in [5.74, 6) is 0. The first-order valence-corrected chi connectivity index (χ1v) is 8.02. The van der Waals surface area contributed by atoms with Crippen LogP contribution in [0.3, 0.4) is 0 Å². The van der Waals surface area contributed by atoms with Gasteiger partial charge < -0.3 is 0 Å². The number of halogens is 1. The summed E-state index contributed by atoms with van der Waals surface area (Å²) >= 11 is 6.29. The van der Waals surface area contributed by atoms with E-state index in [1.165, 1.54) is 0 Å². The van der Waals surface area contributed by atoms with Gasteiger partial charge in [-0.3, -0.25) is 4.98 Å². The molecular formula is C20H19ClN2. The van der Waals surface area contributed by atoms with E-state index in [0.29, 0.717) is 5.02 Å². The zero-order valence-electron chi connectivity index (χ0n) is 13.5. The van der Waals surface area contributed by atoms with Crippen molar-refractivity contribution >= 4 is 11.6 Å². The second kappa shape index (κ2) is 6.13. The molecule has 0 bridgehead atoms. The van der Waals surface area contributed by atoms with Crippen LogP contribution in [0.25, 0.3) is 22.5 Å². The van der Waals surface area contributed by atoms with Gasteiger partial charge in [-0.1, -0.05) is 56.6 Å². The van der Waals surface area contributed by atoms with Crippen LogP contribution >= 0.6 is 11.6 Å². The molecule has 0 radical (unpaired) electrons. The second-order valence-corrected chi connectivity index (χ2v) is 6.97. The number of benzene rings is 1. The van der Waals surface area contributed by atoms with E-state index in [1.807, 2.05) is 54.7 Å². The lowest BCUT2D eigenvalue weighted by molar-refractivity contribution is 0.569. The van der Waals surface area contributed by atoms with Crippen LogP contribution in [-0.4, -0.2) is 9.97 Å².